The average Bonchev–Trinajstić information content (AvgIpc) is 3.28. The summed E-state index contributed by atoms with van der Waals surface area (Å²) in [5, 5.41) is 31.1. The number of rotatable bonds is 28. The first kappa shape index (κ1) is 44.4. The van der Waals surface area contributed by atoms with Crippen molar-refractivity contribution in [2.75, 3.05) is 13.2 Å². The van der Waals surface area contributed by atoms with Crippen molar-refractivity contribution < 1.29 is 53.3 Å². The number of unbranched alkanes of at least 4 members (excludes halogenated alkanes) is 9. The molecule has 0 heterocycles. The molecule has 0 aromatic heterocycles. The van der Waals surface area contributed by atoms with Crippen molar-refractivity contribution >= 4 is 19.8 Å². The molecule has 1 rings (SSSR count). The Bertz CT molecular complexity index is 964. The summed E-state index contributed by atoms with van der Waals surface area (Å²) in [5.41, 5.74) is 0. The highest BCUT2D eigenvalue weighted by molar-refractivity contribution is 7.46. The van der Waals surface area contributed by atoms with Crippen LogP contribution in [-0.2, 0) is 28.2 Å². The van der Waals surface area contributed by atoms with Gasteiger partial charge in [-0.25, -0.2) is 4.57 Å². The van der Waals surface area contributed by atoms with Crippen molar-refractivity contribution in [2.24, 2.45) is 17.8 Å². The number of ether oxygens (including phenoxy) is 2. The van der Waals surface area contributed by atoms with Crippen LogP contribution in [0.4, 0.5) is 0 Å². The predicted octanol–water partition coefficient (Wildman–Crippen LogP) is 6.69. The average molecular weight is 705 g/mol. The van der Waals surface area contributed by atoms with E-state index in [0.717, 1.165) is 44.4 Å². The number of allylic oxidation sites excluding steroid dienone is 2. The molecule has 1 aliphatic carbocycles. The second kappa shape index (κ2) is 26.3. The Hall–Kier alpha value is -1.59. The molecule has 1 saturated carbocycles. The van der Waals surface area contributed by atoms with E-state index >= 15 is 0 Å². The van der Waals surface area contributed by atoms with Crippen molar-refractivity contribution in [3.8, 4) is 0 Å². The van der Waals surface area contributed by atoms with Crippen molar-refractivity contribution in [3.63, 3.8) is 0 Å². The maximum Gasteiger partial charge on any atom is 0.469 e. The number of hydrogen-bond donors (Lipinski definition) is 5. The third-order valence-corrected chi connectivity index (χ3v) is 9.21. The van der Waals surface area contributed by atoms with Gasteiger partial charge in [0.05, 0.1) is 24.9 Å². The number of phosphoric acid groups is 1. The lowest BCUT2D eigenvalue weighted by Gasteiger charge is -2.19. The smallest absolute Gasteiger partial charge is 0.462 e. The minimum Gasteiger partial charge on any atom is -0.462 e. The summed E-state index contributed by atoms with van der Waals surface area (Å²) in [7, 11) is -4.80. The quantitative estimate of drug-likeness (QED) is 0.0253. The summed E-state index contributed by atoms with van der Waals surface area (Å²) in [4.78, 5) is 42.8. The van der Waals surface area contributed by atoms with Crippen LogP contribution in [0.15, 0.2) is 24.3 Å². The second-order valence-corrected chi connectivity index (χ2v) is 14.9. The Kier molecular flexibility index (Phi) is 24.3. The number of aliphatic hydroxyl groups is 3. The minimum atomic E-state index is -4.80. The Balaban J connectivity index is 2.38. The highest BCUT2D eigenvalue weighted by Crippen LogP contribution is 2.37. The maximum absolute atomic E-state index is 12.3. The van der Waals surface area contributed by atoms with Gasteiger partial charge in [-0.05, 0) is 43.9 Å². The SMILES string of the molecule is CCCCC[C@H](O)/C=C/[C@@H]1[C@@H](C/C=C/CCCC(=O)OC[C@H](COP(=O)(O)O)OC(=O)CCCCCCCCCC(C)C)[C@@H](O)C[C@H]1O. The molecular formula is C36H65O11P. The minimum absolute atomic E-state index is 0.0911. The topological polar surface area (TPSA) is 180 Å². The molecule has 48 heavy (non-hydrogen) atoms. The molecule has 1 fully saturated rings. The molecule has 5 N–H and O–H groups in total. The summed E-state index contributed by atoms with van der Waals surface area (Å²) in [6.07, 6.45) is 18.9. The first-order valence-corrected chi connectivity index (χ1v) is 19.8. The first-order chi connectivity index (χ1) is 22.8. The molecule has 12 heteroatoms. The standard InChI is InChI=1S/C36H65O11P/c1-4-5-13-19-29(37)23-24-32-31(33(38)25-34(32)39)20-15-11-12-16-21-35(40)45-26-30(27-46-48(42,43)44)47-36(41)22-17-10-8-6-7-9-14-18-28(2)3/h11,15,23-24,28-34,37-39H,4-10,12-14,16-22,25-27H2,1-3H3,(H2,42,43,44)/b15-11+,24-23+/t29-,30+,31+,32+,33-,34+/m0/s1. The fourth-order valence-electron chi connectivity index (χ4n) is 5.90. The molecule has 6 atom stereocenters. The molecule has 0 radical (unpaired) electrons. The fourth-order valence-corrected chi connectivity index (χ4v) is 6.26. The van der Waals surface area contributed by atoms with Gasteiger partial charge in [0, 0.05) is 25.2 Å². The lowest BCUT2D eigenvalue weighted by atomic mass is 9.89. The van der Waals surface area contributed by atoms with Gasteiger partial charge < -0.3 is 34.6 Å². The molecular weight excluding hydrogens is 639 g/mol. The van der Waals surface area contributed by atoms with E-state index in [0.29, 0.717) is 38.5 Å². The predicted molar refractivity (Wildman–Crippen MR) is 186 cm³/mol. The summed E-state index contributed by atoms with van der Waals surface area (Å²) in [5.74, 6) is -0.751. The van der Waals surface area contributed by atoms with E-state index in [-0.39, 0.29) is 31.3 Å². The van der Waals surface area contributed by atoms with Crippen LogP contribution in [0.5, 0.6) is 0 Å². The molecule has 0 amide bonds. The van der Waals surface area contributed by atoms with E-state index < -0.39 is 50.8 Å². The van der Waals surface area contributed by atoms with Crippen molar-refractivity contribution in [3.05, 3.63) is 24.3 Å². The lowest BCUT2D eigenvalue weighted by Crippen LogP contribution is -2.29. The van der Waals surface area contributed by atoms with E-state index in [1.165, 1.54) is 25.7 Å². The van der Waals surface area contributed by atoms with Crippen molar-refractivity contribution in [1.82, 2.24) is 0 Å². The number of esters is 2. The van der Waals surface area contributed by atoms with Gasteiger partial charge in [-0.15, -0.1) is 0 Å². The number of aliphatic hydroxyl groups excluding tert-OH is 3. The molecule has 0 saturated heterocycles. The zero-order valence-corrected chi connectivity index (χ0v) is 30.5. The number of hydrogen-bond acceptors (Lipinski definition) is 9. The molecule has 0 spiro atoms. The highest BCUT2D eigenvalue weighted by atomic mass is 31.2. The van der Waals surface area contributed by atoms with Crippen LogP contribution < -0.4 is 0 Å². The Morgan fingerprint density at radius 2 is 1.48 bits per heavy atom. The van der Waals surface area contributed by atoms with E-state index in [1.807, 2.05) is 18.2 Å². The lowest BCUT2D eigenvalue weighted by molar-refractivity contribution is -0.161. The Morgan fingerprint density at radius 3 is 2.15 bits per heavy atom. The summed E-state index contributed by atoms with van der Waals surface area (Å²) >= 11 is 0. The van der Waals surface area contributed by atoms with Crippen LogP contribution >= 0.6 is 7.82 Å². The van der Waals surface area contributed by atoms with Gasteiger partial charge in [0.2, 0.25) is 0 Å². The van der Waals surface area contributed by atoms with Gasteiger partial charge in [0.15, 0.2) is 6.10 Å². The van der Waals surface area contributed by atoms with Crippen LogP contribution in [0, 0.1) is 17.8 Å². The number of carbonyl (C=O) groups is 2. The molecule has 11 nitrogen and oxygen atoms in total. The zero-order valence-electron chi connectivity index (χ0n) is 29.6. The number of phosphoric ester groups is 1. The Labute approximate surface area is 288 Å². The first-order valence-electron chi connectivity index (χ1n) is 18.2. The largest absolute Gasteiger partial charge is 0.469 e. The summed E-state index contributed by atoms with van der Waals surface area (Å²) in [6, 6.07) is 0. The molecule has 0 aliphatic heterocycles. The third-order valence-electron chi connectivity index (χ3n) is 8.72. The second-order valence-electron chi connectivity index (χ2n) is 13.6. The fraction of sp³-hybridized carbons (Fsp3) is 0.833. The Morgan fingerprint density at radius 1 is 0.833 bits per heavy atom. The molecule has 0 aromatic rings. The summed E-state index contributed by atoms with van der Waals surface area (Å²) in [6.45, 7) is 5.59. The molecule has 1 aliphatic rings. The molecule has 0 aromatic carbocycles. The normalized spacial score (nSPS) is 21.4. The van der Waals surface area contributed by atoms with Crippen molar-refractivity contribution in [1.29, 1.82) is 0 Å². The molecule has 0 bridgehead atoms. The zero-order chi connectivity index (χ0) is 35.8. The van der Waals surface area contributed by atoms with Gasteiger partial charge >= 0.3 is 19.8 Å². The van der Waals surface area contributed by atoms with Gasteiger partial charge in [0.1, 0.15) is 6.61 Å². The monoisotopic (exact) mass is 704 g/mol. The van der Waals surface area contributed by atoms with E-state index in [1.54, 1.807) is 6.08 Å². The number of carbonyl (C=O) groups excluding carboxylic acids is 2. The van der Waals surface area contributed by atoms with Crippen LogP contribution in [0.1, 0.15) is 136 Å². The maximum atomic E-state index is 12.3. The van der Waals surface area contributed by atoms with Gasteiger partial charge in [-0.3, -0.25) is 14.1 Å². The highest BCUT2D eigenvalue weighted by Gasteiger charge is 2.39. The van der Waals surface area contributed by atoms with Crippen LogP contribution in [0.2, 0.25) is 0 Å². The van der Waals surface area contributed by atoms with Crippen LogP contribution in [0.3, 0.4) is 0 Å². The van der Waals surface area contributed by atoms with Gasteiger partial charge in [-0.2, -0.15) is 0 Å². The van der Waals surface area contributed by atoms with Gasteiger partial charge in [-0.1, -0.05) is 109 Å². The van der Waals surface area contributed by atoms with Crippen LogP contribution in [0.25, 0.3) is 0 Å². The van der Waals surface area contributed by atoms with E-state index in [2.05, 4.69) is 25.3 Å². The van der Waals surface area contributed by atoms with E-state index in [4.69, 9.17) is 19.3 Å². The van der Waals surface area contributed by atoms with Crippen LogP contribution in [-0.4, -0.2) is 74.7 Å². The van der Waals surface area contributed by atoms with Crippen molar-refractivity contribution in [2.45, 2.75) is 161 Å². The molecule has 280 valence electrons. The summed E-state index contributed by atoms with van der Waals surface area (Å²) < 4.78 is 26.2. The third kappa shape index (κ3) is 22.9. The molecule has 0 unspecified atom stereocenters. The van der Waals surface area contributed by atoms with E-state index in [9.17, 15) is 29.5 Å². The van der Waals surface area contributed by atoms with Gasteiger partial charge in [0.25, 0.3) is 0 Å².